The third kappa shape index (κ3) is 4.96. The van der Waals surface area contributed by atoms with Crippen LogP contribution in [-0.4, -0.2) is 19.7 Å². The molecule has 2 N–H and O–H groups in total. The molecule has 2 aromatic rings. The maximum absolute atomic E-state index is 12.9. The molecule has 0 fully saturated rings. The van der Waals surface area contributed by atoms with Gasteiger partial charge in [-0.2, -0.15) is 13.2 Å². The quantitative estimate of drug-likeness (QED) is 0.831. The summed E-state index contributed by atoms with van der Waals surface area (Å²) in [6, 6.07) is 11.6. The molecule has 2 amide bonds. The smallest absolute Gasteiger partial charge is 0.375 e. The van der Waals surface area contributed by atoms with Gasteiger partial charge in [0, 0.05) is 13.7 Å². The summed E-state index contributed by atoms with van der Waals surface area (Å²) < 4.78 is 44.2. The first kappa shape index (κ1) is 18.8. The van der Waals surface area contributed by atoms with Gasteiger partial charge >= 0.3 is 12.2 Å². The van der Waals surface area contributed by atoms with Crippen LogP contribution < -0.4 is 10.6 Å². The van der Waals surface area contributed by atoms with Gasteiger partial charge in [0.2, 0.25) is 0 Å². The van der Waals surface area contributed by atoms with Gasteiger partial charge in [0.05, 0.1) is 17.4 Å². The number of methoxy groups -OCH3 is 1. The fourth-order valence-corrected chi connectivity index (χ4v) is 2.46. The summed E-state index contributed by atoms with van der Waals surface area (Å²) in [7, 11) is 1.51. The first-order chi connectivity index (χ1) is 11.8. The number of benzene rings is 2. The molecule has 0 saturated heterocycles. The molecule has 0 aliphatic carbocycles. The zero-order valence-corrected chi connectivity index (χ0v) is 13.9. The summed E-state index contributed by atoms with van der Waals surface area (Å²) in [6.45, 7) is 2.04. The van der Waals surface area contributed by atoms with E-state index in [0.29, 0.717) is 0 Å². The summed E-state index contributed by atoms with van der Waals surface area (Å²) in [5, 5.41) is 4.78. The minimum atomic E-state index is -4.54. The Bertz CT molecular complexity index is 732. The number of hydrogen-bond donors (Lipinski definition) is 2. The Labute approximate surface area is 144 Å². The van der Waals surface area contributed by atoms with Crippen LogP contribution in [0.2, 0.25) is 0 Å². The molecule has 0 aliphatic rings. The highest BCUT2D eigenvalue weighted by molar-refractivity contribution is 5.90. The van der Waals surface area contributed by atoms with Crippen LogP contribution in [0.25, 0.3) is 0 Å². The number of urea groups is 1. The number of para-hydroxylation sites is 1. The third-order valence-corrected chi connectivity index (χ3v) is 3.75. The lowest BCUT2D eigenvalue weighted by molar-refractivity contribution is -0.136. The zero-order valence-electron chi connectivity index (χ0n) is 13.9. The maximum Gasteiger partial charge on any atom is 0.418 e. The van der Waals surface area contributed by atoms with E-state index in [0.717, 1.165) is 17.2 Å². The molecule has 0 spiro atoms. The van der Waals surface area contributed by atoms with Gasteiger partial charge in [-0.25, -0.2) is 4.79 Å². The van der Waals surface area contributed by atoms with Crippen molar-refractivity contribution in [2.45, 2.75) is 19.2 Å². The first-order valence-electron chi connectivity index (χ1n) is 7.62. The average Bonchev–Trinajstić information content (AvgIpc) is 2.56. The number of hydrogen-bond acceptors (Lipinski definition) is 2. The molecule has 1 atom stereocenters. The lowest BCUT2D eigenvalue weighted by Gasteiger charge is -2.19. The van der Waals surface area contributed by atoms with Crippen LogP contribution in [0, 0.1) is 6.92 Å². The number of nitrogens with one attached hydrogen (secondary N) is 2. The molecule has 25 heavy (non-hydrogen) atoms. The van der Waals surface area contributed by atoms with E-state index in [1.807, 2.05) is 31.2 Å². The van der Waals surface area contributed by atoms with Crippen LogP contribution in [-0.2, 0) is 10.9 Å². The maximum atomic E-state index is 12.9. The van der Waals surface area contributed by atoms with Gasteiger partial charge in [-0.3, -0.25) is 0 Å². The topological polar surface area (TPSA) is 50.4 Å². The number of rotatable bonds is 5. The molecular formula is C18H19F3N2O2. The molecule has 2 aromatic carbocycles. The molecule has 0 aromatic heterocycles. The van der Waals surface area contributed by atoms with E-state index in [-0.39, 0.29) is 12.2 Å². The standard InChI is InChI=1S/C18H19F3N2O2/c1-12-7-3-4-8-13(12)16(25-2)11-22-17(24)23-15-10-6-5-9-14(15)18(19,20)21/h3-10,16H,11H2,1-2H3,(H2,22,23,24)/t16-/m1/s1. The van der Waals surface area contributed by atoms with Crippen LogP contribution in [0.5, 0.6) is 0 Å². The van der Waals surface area contributed by atoms with E-state index in [2.05, 4.69) is 10.6 Å². The van der Waals surface area contributed by atoms with Crippen LogP contribution in [0.4, 0.5) is 23.7 Å². The van der Waals surface area contributed by atoms with Crippen LogP contribution in [0.15, 0.2) is 48.5 Å². The summed E-state index contributed by atoms with van der Waals surface area (Å²) in [5.74, 6) is 0. The van der Waals surface area contributed by atoms with Crippen molar-refractivity contribution in [3.05, 3.63) is 65.2 Å². The average molecular weight is 352 g/mol. The molecule has 134 valence electrons. The fraction of sp³-hybridized carbons (Fsp3) is 0.278. The number of aryl methyl sites for hydroxylation is 1. The van der Waals surface area contributed by atoms with Gasteiger partial charge in [0.15, 0.2) is 0 Å². The fourth-order valence-electron chi connectivity index (χ4n) is 2.46. The summed E-state index contributed by atoms with van der Waals surface area (Å²) in [4.78, 5) is 12.0. The summed E-state index contributed by atoms with van der Waals surface area (Å²) in [6.07, 6.45) is -4.94. The number of halogens is 3. The number of ether oxygens (including phenoxy) is 1. The molecule has 0 radical (unpaired) electrons. The highest BCUT2D eigenvalue weighted by Gasteiger charge is 2.33. The highest BCUT2D eigenvalue weighted by atomic mass is 19.4. The van der Waals surface area contributed by atoms with Crippen LogP contribution in [0.1, 0.15) is 22.8 Å². The molecule has 0 unspecified atom stereocenters. The number of carbonyl (C=O) groups excluding carboxylic acids is 1. The number of anilines is 1. The van der Waals surface area contributed by atoms with Gasteiger partial charge in [0.1, 0.15) is 0 Å². The Balaban J connectivity index is 2.03. The van der Waals surface area contributed by atoms with Crippen molar-refractivity contribution in [1.29, 1.82) is 0 Å². The second-order valence-electron chi connectivity index (χ2n) is 5.46. The lowest BCUT2D eigenvalue weighted by Crippen LogP contribution is -2.33. The van der Waals surface area contributed by atoms with E-state index in [4.69, 9.17) is 4.74 Å². The Kier molecular flexibility index (Phi) is 6.03. The van der Waals surface area contributed by atoms with Crippen molar-refractivity contribution in [1.82, 2.24) is 5.32 Å². The minimum Gasteiger partial charge on any atom is -0.375 e. The Hall–Kier alpha value is -2.54. The Morgan fingerprint density at radius 1 is 1.12 bits per heavy atom. The first-order valence-corrected chi connectivity index (χ1v) is 7.62. The van der Waals surface area contributed by atoms with Gasteiger partial charge < -0.3 is 15.4 Å². The highest BCUT2D eigenvalue weighted by Crippen LogP contribution is 2.34. The molecule has 0 aliphatic heterocycles. The Morgan fingerprint density at radius 3 is 2.40 bits per heavy atom. The van der Waals surface area contributed by atoms with E-state index in [9.17, 15) is 18.0 Å². The molecular weight excluding hydrogens is 333 g/mol. The molecule has 0 heterocycles. The number of carbonyl (C=O) groups is 1. The molecule has 0 bridgehead atoms. The predicted octanol–water partition coefficient (Wildman–Crippen LogP) is 4.52. The molecule has 0 saturated carbocycles. The van der Waals surface area contributed by atoms with Crippen molar-refractivity contribution in [3.63, 3.8) is 0 Å². The van der Waals surface area contributed by atoms with Crippen molar-refractivity contribution in [2.75, 3.05) is 19.0 Å². The van der Waals surface area contributed by atoms with Crippen molar-refractivity contribution < 1.29 is 22.7 Å². The van der Waals surface area contributed by atoms with Gasteiger partial charge in [-0.15, -0.1) is 0 Å². The summed E-state index contributed by atoms with van der Waals surface area (Å²) in [5.41, 5.74) is 0.713. The van der Waals surface area contributed by atoms with Gasteiger partial charge in [-0.1, -0.05) is 36.4 Å². The largest absolute Gasteiger partial charge is 0.418 e. The zero-order chi connectivity index (χ0) is 18.4. The summed E-state index contributed by atoms with van der Waals surface area (Å²) >= 11 is 0. The molecule has 2 rings (SSSR count). The monoisotopic (exact) mass is 352 g/mol. The van der Waals surface area contributed by atoms with Gasteiger partial charge in [0.25, 0.3) is 0 Å². The minimum absolute atomic E-state index is 0.126. The van der Waals surface area contributed by atoms with Crippen LogP contribution >= 0.6 is 0 Å². The van der Waals surface area contributed by atoms with Crippen LogP contribution in [0.3, 0.4) is 0 Å². The normalized spacial score (nSPS) is 12.5. The molecule has 4 nitrogen and oxygen atoms in total. The second kappa shape index (κ2) is 8.02. The Morgan fingerprint density at radius 2 is 1.76 bits per heavy atom. The SMILES string of the molecule is CO[C@H](CNC(=O)Nc1ccccc1C(F)(F)F)c1ccccc1C. The van der Waals surface area contributed by atoms with E-state index < -0.39 is 23.9 Å². The second-order valence-corrected chi connectivity index (χ2v) is 5.46. The van der Waals surface area contributed by atoms with E-state index >= 15 is 0 Å². The van der Waals surface area contributed by atoms with E-state index in [1.54, 1.807) is 0 Å². The van der Waals surface area contributed by atoms with Crippen molar-refractivity contribution >= 4 is 11.7 Å². The van der Waals surface area contributed by atoms with E-state index in [1.165, 1.54) is 25.3 Å². The predicted molar refractivity (Wildman–Crippen MR) is 89.4 cm³/mol. The van der Waals surface area contributed by atoms with Gasteiger partial charge in [-0.05, 0) is 30.2 Å². The lowest BCUT2D eigenvalue weighted by atomic mass is 10.0. The van der Waals surface area contributed by atoms with Crippen molar-refractivity contribution in [3.8, 4) is 0 Å². The number of alkyl halides is 3. The number of amides is 2. The molecule has 7 heteroatoms. The van der Waals surface area contributed by atoms with Crippen molar-refractivity contribution in [2.24, 2.45) is 0 Å². The third-order valence-electron chi connectivity index (χ3n) is 3.75.